The average molecular weight is 267 g/mol. The van der Waals surface area contributed by atoms with E-state index in [0.717, 1.165) is 5.70 Å². The predicted octanol–water partition coefficient (Wildman–Crippen LogP) is -0.456. The molecular formula is C12H17N3O4. The molecule has 2 N–H and O–H groups in total. The van der Waals surface area contributed by atoms with Gasteiger partial charge >= 0.3 is 11.9 Å². The molecule has 0 aliphatic carbocycles. The Balaban J connectivity index is 2.23. The molecule has 2 aliphatic rings. The normalized spacial score (nSPS) is 24.7. The van der Waals surface area contributed by atoms with Gasteiger partial charge in [-0.15, -0.1) is 0 Å². The fourth-order valence-corrected chi connectivity index (χ4v) is 2.08. The minimum absolute atomic E-state index is 0.128. The van der Waals surface area contributed by atoms with E-state index in [1.165, 1.54) is 0 Å². The summed E-state index contributed by atoms with van der Waals surface area (Å²) in [5, 5.41) is 0. The average Bonchev–Trinajstić information content (AvgIpc) is 2.86. The minimum atomic E-state index is -0.707. The molecule has 19 heavy (non-hydrogen) atoms. The highest BCUT2D eigenvalue weighted by molar-refractivity contribution is 6.41. The lowest BCUT2D eigenvalue weighted by Gasteiger charge is -2.22. The summed E-state index contributed by atoms with van der Waals surface area (Å²) in [5.74, 6) is -1.08. The number of hydrogen-bond acceptors (Lipinski definition) is 7. The summed E-state index contributed by atoms with van der Waals surface area (Å²) in [4.78, 5) is 27.8. The van der Waals surface area contributed by atoms with Crippen molar-refractivity contribution in [3.63, 3.8) is 0 Å². The number of esters is 2. The van der Waals surface area contributed by atoms with Gasteiger partial charge in [-0.25, -0.2) is 15.0 Å². The zero-order chi connectivity index (χ0) is 13.8. The Labute approximate surface area is 111 Å². The second kappa shape index (κ2) is 5.83. The largest absolute Gasteiger partial charge is 0.464 e. The number of carbonyl (C=O) groups excluding carboxylic acids is 2. The first-order valence-electron chi connectivity index (χ1n) is 6.29. The topological polar surface area (TPSA) is 89.0 Å². The molecule has 2 unspecified atom stereocenters. The summed E-state index contributed by atoms with van der Waals surface area (Å²) in [6.07, 6.45) is 1.61. The molecule has 7 nitrogen and oxygen atoms in total. The van der Waals surface area contributed by atoms with Crippen LogP contribution >= 0.6 is 0 Å². The predicted molar refractivity (Wildman–Crippen MR) is 67.2 cm³/mol. The van der Waals surface area contributed by atoms with E-state index in [9.17, 15) is 9.59 Å². The Morgan fingerprint density at radius 3 is 2.79 bits per heavy atom. The molecule has 1 fully saturated rings. The van der Waals surface area contributed by atoms with Crippen molar-refractivity contribution in [2.45, 2.75) is 19.9 Å². The second-order valence-electron chi connectivity index (χ2n) is 4.14. The van der Waals surface area contributed by atoms with Crippen LogP contribution in [0.3, 0.4) is 0 Å². The smallest absolute Gasteiger partial charge is 0.356 e. The Morgan fingerprint density at radius 2 is 2.11 bits per heavy atom. The highest BCUT2D eigenvalue weighted by Crippen LogP contribution is 2.24. The molecule has 2 heterocycles. The molecule has 0 radical (unpaired) electrons. The quantitative estimate of drug-likeness (QED) is 0.670. The first-order valence-corrected chi connectivity index (χ1v) is 6.29. The van der Waals surface area contributed by atoms with Gasteiger partial charge in [0.15, 0.2) is 6.04 Å². The number of nitrogens with one attached hydrogen (secondary N) is 2. The second-order valence-corrected chi connectivity index (χ2v) is 4.14. The van der Waals surface area contributed by atoms with E-state index in [1.807, 2.05) is 0 Å². The Hall–Kier alpha value is -1.89. The number of hydrogen-bond donors (Lipinski definition) is 2. The van der Waals surface area contributed by atoms with Crippen molar-refractivity contribution in [3.8, 4) is 0 Å². The molecule has 0 aromatic rings. The summed E-state index contributed by atoms with van der Waals surface area (Å²) in [6.45, 7) is 4.56. The zero-order valence-electron chi connectivity index (χ0n) is 10.9. The molecule has 2 rings (SSSR count). The van der Waals surface area contributed by atoms with Crippen LogP contribution in [-0.2, 0) is 19.1 Å². The third kappa shape index (κ3) is 2.76. The van der Waals surface area contributed by atoms with Gasteiger partial charge in [-0.2, -0.15) is 0 Å². The van der Waals surface area contributed by atoms with Crippen molar-refractivity contribution in [2.24, 2.45) is 10.9 Å². The van der Waals surface area contributed by atoms with E-state index < -0.39 is 18.0 Å². The van der Waals surface area contributed by atoms with Gasteiger partial charge in [0.25, 0.3) is 0 Å². The molecule has 0 amide bonds. The summed E-state index contributed by atoms with van der Waals surface area (Å²) in [6, 6.07) is -0.707. The standard InChI is InChI=1S/C12H17N3O4/c1-3-18-11(16)9-5-8-7(6-13-15-8)10(14-9)12(17)19-4-2/h5,7,10,13,15H,3-4,6H2,1-2H3. The van der Waals surface area contributed by atoms with E-state index in [2.05, 4.69) is 15.8 Å². The lowest BCUT2D eigenvalue weighted by Crippen LogP contribution is -2.37. The van der Waals surface area contributed by atoms with E-state index in [-0.39, 0.29) is 24.8 Å². The molecule has 2 atom stereocenters. The van der Waals surface area contributed by atoms with Gasteiger partial charge in [0.2, 0.25) is 0 Å². The van der Waals surface area contributed by atoms with Crippen molar-refractivity contribution < 1.29 is 19.1 Å². The highest BCUT2D eigenvalue weighted by atomic mass is 16.5. The van der Waals surface area contributed by atoms with E-state index in [1.54, 1.807) is 19.9 Å². The summed E-state index contributed by atoms with van der Waals surface area (Å²) in [5.41, 5.74) is 6.76. The lowest BCUT2D eigenvalue weighted by atomic mass is 9.94. The molecule has 104 valence electrons. The first-order chi connectivity index (χ1) is 9.17. The van der Waals surface area contributed by atoms with E-state index in [4.69, 9.17) is 9.47 Å². The third-order valence-corrected chi connectivity index (χ3v) is 2.92. The fourth-order valence-electron chi connectivity index (χ4n) is 2.08. The van der Waals surface area contributed by atoms with Crippen molar-refractivity contribution in [1.29, 1.82) is 0 Å². The van der Waals surface area contributed by atoms with E-state index >= 15 is 0 Å². The summed E-state index contributed by atoms with van der Waals surface area (Å²) < 4.78 is 9.90. The van der Waals surface area contributed by atoms with Crippen LogP contribution in [-0.4, -0.2) is 43.5 Å². The number of dihydropyridines is 1. The minimum Gasteiger partial charge on any atom is -0.464 e. The molecule has 7 heteroatoms. The first kappa shape index (κ1) is 13.5. The van der Waals surface area contributed by atoms with Crippen LogP contribution < -0.4 is 10.9 Å². The van der Waals surface area contributed by atoms with Crippen molar-refractivity contribution >= 4 is 17.7 Å². The van der Waals surface area contributed by atoms with Crippen LogP contribution in [0, 0.1) is 5.92 Å². The molecule has 0 bridgehead atoms. The maximum absolute atomic E-state index is 11.9. The van der Waals surface area contributed by atoms with Crippen LogP contribution in [0.15, 0.2) is 16.8 Å². The number of nitrogens with zero attached hydrogens (tertiary/aromatic N) is 1. The fraction of sp³-hybridized carbons (Fsp3) is 0.583. The van der Waals surface area contributed by atoms with Crippen molar-refractivity contribution in [3.05, 3.63) is 11.8 Å². The van der Waals surface area contributed by atoms with Crippen LogP contribution in [0.1, 0.15) is 13.8 Å². The molecule has 1 saturated heterocycles. The number of hydrazine groups is 1. The van der Waals surface area contributed by atoms with Crippen LogP contribution in [0.2, 0.25) is 0 Å². The number of carbonyl (C=O) groups is 2. The van der Waals surface area contributed by atoms with Gasteiger partial charge in [-0.05, 0) is 19.9 Å². The number of aliphatic imine (C=N–C) groups is 1. The van der Waals surface area contributed by atoms with Crippen LogP contribution in [0.5, 0.6) is 0 Å². The van der Waals surface area contributed by atoms with Gasteiger partial charge < -0.3 is 14.9 Å². The third-order valence-electron chi connectivity index (χ3n) is 2.92. The van der Waals surface area contributed by atoms with Crippen molar-refractivity contribution in [2.75, 3.05) is 19.8 Å². The monoisotopic (exact) mass is 267 g/mol. The molecular weight excluding hydrogens is 250 g/mol. The molecule has 2 aliphatic heterocycles. The Kier molecular flexibility index (Phi) is 4.16. The molecule has 0 aromatic heterocycles. The number of rotatable bonds is 4. The Bertz CT molecular complexity index is 444. The zero-order valence-corrected chi connectivity index (χ0v) is 10.9. The molecule has 0 spiro atoms. The maximum Gasteiger partial charge on any atom is 0.356 e. The SMILES string of the molecule is CCOC(=O)C1=NC(C(=O)OCC)C2CNNC2=C1. The van der Waals surface area contributed by atoms with Crippen molar-refractivity contribution in [1.82, 2.24) is 10.9 Å². The van der Waals surface area contributed by atoms with Crippen LogP contribution in [0.25, 0.3) is 0 Å². The van der Waals surface area contributed by atoms with Gasteiger partial charge in [0.05, 0.1) is 13.2 Å². The van der Waals surface area contributed by atoms with Gasteiger partial charge in [-0.3, -0.25) is 4.99 Å². The van der Waals surface area contributed by atoms with Gasteiger partial charge in [-0.1, -0.05) is 0 Å². The summed E-state index contributed by atoms with van der Waals surface area (Å²) in [7, 11) is 0. The van der Waals surface area contributed by atoms with E-state index in [0.29, 0.717) is 6.54 Å². The number of fused-ring (bicyclic) bond motifs is 1. The van der Waals surface area contributed by atoms with Gasteiger partial charge in [0.1, 0.15) is 5.71 Å². The summed E-state index contributed by atoms with van der Waals surface area (Å²) >= 11 is 0. The molecule has 0 saturated carbocycles. The lowest BCUT2D eigenvalue weighted by molar-refractivity contribution is -0.145. The van der Waals surface area contributed by atoms with Crippen LogP contribution in [0.4, 0.5) is 0 Å². The highest BCUT2D eigenvalue weighted by Gasteiger charge is 2.39. The maximum atomic E-state index is 11.9. The molecule has 0 aromatic carbocycles. The van der Waals surface area contributed by atoms with Gasteiger partial charge in [0, 0.05) is 18.2 Å². The Morgan fingerprint density at radius 1 is 1.37 bits per heavy atom. The number of ether oxygens (including phenoxy) is 2.